The van der Waals surface area contributed by atoms with Crippen LogP contribution >= 0.6 is 11.3 Å². The second-order valence-electron chi connectivity index (χ2n) is 5.98. The molecule has 0 radical (unpaired) electrons. The second-order valence-corrected chi connectivity index (χ2v) is 7.07. The molecule has 0 N–H and O–H groups in total. The van der Waals surface area contributed by atoms with Gasteiger partial charge in [-0.25, -0.2) is 0 Å². The van der Waals surface area contributed by atoms with Crippen LogP contribution in [0.1, 0.15) is 10.4 Å². The van der Waals surface area contributed by atoms with Crippen LogP contribution in [-0.4, -0.2) is 14.1 Å². The first kappa shape index (κ1) is 18.3. The Hall–Kier alpha value is -3.54. The number of nitriles is 2. The first-order valence-electron chi connectivity index (χ1n) is 8.27. The van der Waals surface area contributed by atoms with Gasteiger partial charge in [0.1, 0.15) is 29.2 Å². The van der Waals surface area contributed by atoms with Crippen molar-refractivity contribution in [1.29, 1.82) is 10.5 Å². The lowest BCUT2D eigenvalue weighted by Crippen LogP contribution is -2.05. The minimum atomic E-state index is 0.0589. The van der Waals surface area contributed by atoms with Crippen LogP contribution in [0, 0.1) is 22.7 Å². The van der Waals surface area contributed by atoms with Crippen molar-refractivity contribution in [3.63, 3.8) is 0 Å². The van der Waals surface area contributed by atoms with E-state index < -0.39 is 0 Å². The topological polar surface area (TPSA) is 60.0 Å². The molecule has 4 nitrogen and oxygen atoms in total. The molecule has 0 atom stereocenters. The van der Waals surface area contributed by atoms with Crippen molar-refractivity contribution in [2.75, 3.05) is 19.0 Å². The van der Waals surface area contributed by atoms with Crippen LogP contribution in [0.25, 0.3) is 11.8 Å². The van der Waals surface area contributed by atoms with Crippen molar-refractivity contribution in [1.82, 2.24) is 0 Å². The number of anilines is 1. The summed E-state index contributed by atoms with van der Waals surface area (Å²) in [6.45, 7) is 0. The molecule has 0 fully saturated rings. The van der Waals surface area contributed by atoms with Crippen LogP contribution in [0.5, 0.6) is 0 Å². The standard InChI is InChI=1S/C22H17N3OS/c1-25(2)22-11-10-20(27-22)9-8-19-12-17(18(14-23)15-24)13-21(26-19)16-6-4-3-5-7-16/h3-13H,1-2H3/b9-8+. The summed E-state index contributed by atoms with van der Waals surface area (Å²) in [5, 5.41) is 19.6. The second kappa shape index (κ2) is 8.23. The zero-order valence-electron chi connectivity index (χ0n) is 15.0. The van der Waals surface area contributed by atoms with E-state index in [4.69, 9.17) is 4.74 Å². The Morgan fingerprint density at radius 3 is 2.37 bits per heavy atom. The van der Waals surface area contributed by atoms with Gasteiger partial charge in [-0.3, -0.25) is 0 Å². The highest BCUT2D eigenvalue weighted by atomic mass is 32.1. The van der Waals surface area contributed by atoms with Gasteiger partial charge in [-0.05, 0) is 36.4 Å². The predicted molar refractivity (Wildman–Crippen MR) is 110 cm³/mol. The molecule has 0 unspecified atom stereocenters. The first-order valence-corrected chi connectivity index (χ1v) is 9.08. The number of hydrogen-bond acceptors (Lipinski definition) is 5. The van der Waals surface area contributed by atoms with Gasteiger partial charge in [0.2, 0.25) is 0 Å². The molecule has 1 aromatic carbocycles. The smallest absolute Gasteiger partial charge is 0.137 e. The highest BCUT2D eigenvalue weighted by Gasteiger charge is 2.14. The minimum Gasteiger partial charge on any atom is -0.457 e. The fourth-order valence-corrected chi connectivity index (χ4v) is 3.32. The van der Waals surface area contributed by atoms with Crippen molar-refractivity contribution in [2.24, 2.45) is 0 Å². The largest absolute Gasteiger partial charge is 0.457 e. The van der Waals surface area contributed by atoms with E-state index >= 15 is 0 Å². The SMILES string of the molecule is CN(C)c1ccc(/C=C/C2=CC(=C(C#N)C#N)C=C(c3ccccc3)O2)s1. The first-order chi connectivity index (χ1) is 13.1. The van der Waals surface area contributed by atoms with Gasteiger partial charge in [0.25, 0.3) is 0 Å². The van der Waals surface area contributed by atoms with Crippen LogP contribution in [0.2, 0.25) is 0 Å². The lowest BCUT2D eigenvalue weighted by Gasteiger charge is -2.16. The fraction of sp³-hybridized carbons (Fsp3) is 0.0909. The van der Waals surface area contributed by atoms with Gasteiger partial charge in [0, 0.05) is 30.1 Å². The lowest BCUT2D eigenvalue weighted by molar-refractivity contribution is 0.396. The molecule has 0 saturated heterocycles. The number of rotatable bonds is 4. The molecule has 1 aliphatic heterocycles. The monoisotopic (exact) mass is 371 g/mol. The molecule has 0 amide bonds. The van der Waals surface area contributed by atoms with Crippen molar-refractivity contribution in [3.8, 4) is 12.1 Å². The zero-order chi connectivity index (χ0) is 19.2. The van der Waals surface area contributed by atoms with E-state index in [1.54, 1.807) is 23.5 Å². The lowest BCUT2D eigenvalue weighted by atomic mass is 10.0. The van der Waals surface area contributed by atoms with Gasteiger partial charge in [-0.2, -0.15) is 10.5 Å². The van der Waals surface area contributed by atoms with Crippen LogP contribution < -0.4 is 4.90 Å². The molecule has 27 heavy (non-hydrogen) atoms. The number of benzene rings is 1. The van der Waals surface area contributed by atoms with E-state index in [2.05, 4.69) is 11.0 Å². The molecule has 1 aliphatic rings. The predicted octanol–water partition coefficient (Wildman–Crippen LogP) is 5.13. The average Bonchev–Trinajstić information content (AvgIpc) is 3.17. The Morgan fingerprint density at radius 2 is 1.74 bits per heavy atom. The van der Waals surface area contributed by atoms with Gasteiger partial charge < -0.3 is 9.64 Å². The highest BCUT2D eigenvalue weighted by Crippen LogP contribution is 2.30. The summed E-state index contributed by atoms with van der Waals surface area (Å²) in [7, 11) is 4.01. The molecular formula is C22H17N3OS. The molecular weight excluding hydrogens is 354 g/mol. The Kier molecular flexibility index (Phi) is 5.56. The highest BCUT2D eigenvalue weighted by molar-refractivity contribution is 7.16. The summed E-state index contributed by atoms with van der Waals surface area (Å²) < 4.78 is 5.99. The van der Waals surface area contributed by atoms with E-state index in [0.717, 1.165) is 15.4 Å². The summed E-state index contributed by atoms with van der Waals surface area (Å²) in [6, 6.07) is 17.6. The van der Waals surface area contributed by atoms with Crippen molar-refractivity contribution in [3.05, 3.63) is 88.0 Å². The molecule has 132 valence electrons. The Morgan fingerprint density at radius 1 is 1.00 bits per heavy atom. The summed E-state index contributed by atoms with van der Waals surface area (Å²) in [6.07, 6.45) is 7.26. The quantitative estimate of drug-likeness (QED) is 0.699. The third kappa shape index (κ3) is 4.36. The van der Waals surface area contributed by atoms with Crippen molar-refractivity contribution in [2.45, 2.75) is 0 Å². The van der Waals surface area contributed by atoms with Gasteiger partial charge in [0.15, 0.2) is 0 Å². The third-order valence-corrected chi connectivity index (χ3v) is 5.07. The van der Waals surface area contributed by atoms with Crippen LogP contribution in [0.3, 0.4) is 0 Å². The molecule has 2 aromatic rings. The van der Waals surface area contributed by atoms with Gasteiger partial charge in [-0.1, -0.05) is 30.3 Å². The van der Waals surface area contributed by atoms with Crippen LogP contribution in [0.15, 0.2) is 77.6 Å². The van der Waals surface area contributed by atoms with Gasteiger partial charge in [-0.15, -0.1) is 11.3 Å². The summed E-state index contributed by atoms with van der Waals surface area (Å²) in [5.74, 6) is 1.19. The Balaban J connectivity index is 1.95. The van der Waals surface area contributed by atoms with Gasteiger partial charge in [0.05, 0.1) is 5.00 Å². The molecule has 0 bridgehead atoms. The average molecular weight is 371 g/mol. The maximum atomic E-state index is 9.23. The number of nitrogens with zero attached hydrogens (tertiary/aromatic N) is 3. The van der Waals surface area contributed by atoms with E-state index in [9.17, 15) is 10.5 Å². The maximum Gasteiger partial charge on any atom is 0.137 e. The fourth-order valence-electron chi connectivity index (χ4n) is 2.48. The van der Waals surface area contributed by atoms with Gasteiger partial charge >= 0.3 is 0 Å². The number of allylic oxidation sites excluding steroid dienone is 5. The number of hydrogen-bond donors (Lipinski definition) is 0. The Labute approximate surface area is 162 Å². The van der Waals surface area contributed by atoms with Crippen molar-refractivity contribution >= 4 is 28.2 Å². The van der Waals surface area contributed by atoms with E-state index in [1.807, 2.05) is 74.8 Å². The Bertz CT molecular complexity index is 1030. The summed E-state index contributed by atoms with van der Waals surface area (Å²) in [4.78, 5) is 3.15. The van der Waals surface area contributed by atoms with E-state index in [1.165, 1.54) is 0 Å². The number of ether oxygens (including phenoxy) is 1. The van der Waals surface area contributed by atoms with Crippen LogP contribution in [-0.2, 0) is 4.74 Å². The molecule has 1 aromatic heterocycles. The molecule has 3 rings (SSSR count). The van der Waals surface area contributed by atoms with E-state index in [-0.39, 0.29) is 5.57 Å². The van der Waals surface area contributed by atoms with Crippen LogP contribution in [0.4, 0.5) is 5.00 Å². The maximum absolute atomic E-state index is 9.23. The van der Waals surface area contributed by atoms with E-state index in [0.29, 0.717) is 17.1 Å². The molecule has 5 heteroatoms. The summed E-state index contributed by atoms with van der Waals surface area (Å²) in [5.41, 5.74) is 1.49. The minimum absolute atomic E-state index is 0.0589. The molecule has 0 aliphatic carbocycles. The summed E-state index contributed by atoms with van der Waals surface area (Å²) >= 11 is 1.67. The van der Waals surface area contributed by atoms with Crippen molar-refractivity contribution < 1.29 is 4.74 Å². The third-order valence-electron chi connectivity index (χ3n) is 3.85. The molecule has 0 saturated carbocycles. The normalized spacial score (nSPS) is 13.3. The molecule has 2 heterocycles. The number of thiophene rings is 1. The molecule has 0 spiro atoms. The zero-order valence-corrected chi connectivity index (χ0v) is 15.8.